The molecule has 0 aliphatic rings. The number of nitrogens with zero attached hydrogens (tertiary/aromatic N) is 1. The second-order valence-electron chi connectivity index (χ2n) is 14.7. The average molecular weight is 706 g/mol. The van der Waals surface area contributed by atoms with Gasteiger partial charge in [0.05, 0.1) is 56.9 Å². The summed E-state index contributed by atoms with van der Waals surface area (Å²) in [5.74, 6) is 0. The van der Waals surface area contributed by atoms with E-state index in [9.17, 15) is 0 Å². The SMILES string of the molecule is CCCCCCCCCCC[P+](CCCCP(CCCC[N+](C)(CCCN)CCCN)c1ccccc1)(c1ccccc1)c1ccccc1. The Labute approximate surface area is 304 Å². The molecule has 4 N–H and O–H groups in total. The van der Waals surface area contributed by atoms with Crippen molar-refractivity contribution < 1.29 is 4.48 Å². The van der Waals surface area contributed by atoms with Crippen LogP contribution in [0.5, 0.6) is 0 Å². The highest BCUT2D eigenvalue weighted by molar-refractivity contribution is 7.89. The average Bonchev–Trinajstić information content (AvgIpc) is 3.15. The summed E-state index contributed by atoms with van der Waals surface area (Å²) in [5.41, 5.74) is 11.8. The lowest BCUT2D eigenvalue weighted by atomic mass is 10.1. The second kappa shape index (κ2) is 25.4. The summed E-state index contributed by atoms with van der Waals surface area (Å²) in [6.45, 7) is 7.48. The Kier molecular flexibility index (Phi) is 21.6. The topological polar surface area (TPSA) is 52.0 Å². The first-order valence-corrected chi connectivity index (χ1v) is 24.0. The molecule has 1 unspecified atom stereocenters. The zero-order chi connectivity index (χ0) is 34.9. The fourth-order valence-electron chi connectivity index (χ4n) is 7.67. The van der Waals surface area contributed by atoms with E-state index in [1.165, 1.54) is 128 Å². The maximum atomic E-state index is 5.90. The van der Waals surface area contributed by atoms with E-state index in [0.717, 1.165) is 30.4 Å². The van der Waals surface area contributed by atoms with E-state index < -0.39 is 7.26 Å². The fraction of sp³-hybridized carbons (Fsp3) is 0.591. The van der Waals surface area contributed by atoms with Gasteiger partial charge in [-0.1, -0.05) is 127 Å². The molecule has 0 radical (unpaired) electrons. The van der Waals surface area contributed by atoms with Crippen LogP contribution in [-0.4, -0.2) is 68.9 Å². The predicted molar refractivity (Wildman–Crippen MR) is 225 cm³/mol. The summed E-state index contributed by atoms with van der Waals surface area (Å²) >= 11 is 0. The molecule has 0 aliphatic heterocycles. The minimum absolute atomic E-state index is 0.140. The van der Waals surface area contributed by atoms with Gasteiger partial charge in [-0.05, 0) is 93.5 Å². The standard InChI is InChI=1S/C44H73N3P2/c1-3-4-5-6-7-8-9-10-23-40-49(43-29-16-12-17-30-43,44-31-18-13-19-32-44)41-24-22-39-48(42-27-14-11-15-28-42)38-21-20-35-47(2,36-25-33-45)37-26-34-46/h11-19,27-32H,3-10,20-26,33-41,45-46H2,1-2H3/q+2. The van der Waals surface area contributed by atoms with Crippen LogP contribution in [0, 0.1) is 0 Å². The van der Waals surface area contributed by atoms with E-state index >= 15 is 0 Å². The van der Waals surface area contributed by atoms with E-state index in [4.69, 9.17) is 11.5 Å². The van der Waals surface area contributed by atoms with E-state index in [1.807, 2.05) is 0 Å². The molecule has 0 saturated heterocycles. The Morgan fingerprint density at radius 2 is 0.898 bits per heavy atom. The lowest BCUT2D eigenvalue weighted by Gasteiger charge is -2.35. The molecule has 0 fully saturated rings. The molecule has 0 saturated carbocycles. The Hall–Kier alpha value is -1.60. The molecule has 0 aliphatic carbocycles. The number of rotatable bonds is 29. The highest BCUT2D eigenvalue weighted by Crippen LogP contribution is 2.58. The predicted octanol–water partition coefficient (Wildman–Crippen LogP) is 9.70. The molecule has 1 atom stereocenters. The summed E-state index contributed by atoms with van der Waals surface area (Å²) < 4.78 is 1.13. The Morgan fingerprint density at radius 1 is 0.490 bits per heavy atom. The molecule has 3 nitrogen and oxygen atoms in total. The molecule has 0 spiro atoms. The molecular weight excluding hydrogens is 632 g/mol. The van der Waals surface area contributed by atoms with Gasteiger partial charge in [-0.2, -0.15) is 0 Å². The van der Waals surface area contributed by atoms with Gasteiger partial charge in [0.1, 0.15) is 0 Å². The lowest BCUT2D eigenvalue weighted by Crippen LogP contribution is -2.47. The quantitative estimate of drug-likeness (QED) is 0.0430. The van der Waals surface area contributed by atoms with E-state index in [1.54, 1.807) is 15.9 Å². The van der Waals surface area contributed by atoms with Crippen molar-refractivity contribution in [2.75, 3.05) is 64.4 Å². The van der Waals surface area contributed by atoms with Gasteiger partial charge in [0.2, 0.25) is 0 Å². The highest BCUT2D eigenvalue weighted by Gasteiger charge is 2.41. The van der Waals surface area contributed by atoms with Crippen molar-refractivity contribution >= 4 is 31.1 Å². The minimum atomic E-state index is -1.48. The number of quaternary nitrogens is 1. The zero-order valence-electron chi connectivity index (χ0n) is 31.6. The van der Waals surface area contributed by atoms with Crippen LogP contribution >= 0.6 is 15.2 Å². The van der Waals surface area contributed by atoms with E-state index in [-0.39, 0.29) is 7.92 Å². The largest absolute Gasteiger partial charge is 0.330 e. The first-order chi connectivity index (χ1) is 24.1. The van der Waals surface area contributed by atoms with Crippen molar-refractivity contribution in [3.05, 3.63) is 91.0 Å². The third-order valence-corrected chi connectivity index (χ3v) is 18.1. The Bertz CT molecular complexity index is 1140. The van der Waals surface area contributed by atoms with Crippen LogP contribution in [0.25, 0.3) is 0 Å². The van der Waals surface area contributed by atoms with Crippen molar-refractivity contribution in [1.29, 1.82) is 0 Å². The van der Waals surface area contributed by atoms with Gasteiger partial charge >= 0.3 is 0 Å². The van der Waals surface area contributed by atoms with Crippen molar-refractivity contribution in [3.8, 4) is 0 Å². The third kappa shape index (κ3) is 15.7. The van der Waals surface area contributed by atoms with Crippen LogP contribution in [-0.2, 0) is 0 Å². The van der Waals surface area contributed by atoms with Crippen LogP contribution in [0.15, 0.2) is 91.0 Å². The molecule has 0 amide bonds. The van der Waals surface area contributed by atoms with Crippen molar-refractivity contribution in [2.45, 2.75) is 103 Å². The van der Waals surface area contributed by atoms with Gasteiger partial charge in [0, 0.05) is 12.8 Å². The van der Waals surface area contributed by atoms with Crippen molar-refractivity contribution in [3.63, 3.8) is 0 Å². The van der Waals surface area contributed by atoms with Gasteiger partial charge in [0.15, 0.2) is 0 Å². The summed E-state index contributed by atoms with van der Waals surface area (Å²) in [6, 6.07) is 34.9. The normalized spacial score (nSPS) is 12.7. The first-order valence-electron chi connectivity index (χ1n) is 20.1. The first kappa shape index (κ1) is 41.8. The number of hydrogen-bond donors (Lipinski definition) is 2. The Morgan fingerprint density at radius 3 is 1.39 bits per heavy atom. The number of benzene rings is 3. The molecule has 3 aromatic carbocycles. The van der Waals surface area contributed by atoms with Crippen LogP contribution in [0.2, 0.25) is 0 Å². The molecule has 3 rings (SSSR count). The van der Waals surface area contributed by atoms with Crippen LogP contribution in [0.4, 0.5) is 0 Å². The molecule has 3 aromatic rings. The smallest absolute Gasteiger partial charge is 0.0991 e. The van der Waals surface area contributed by atoms with Crippen LogP contribution in [0.3, 0.4) is 0 Å². The number of hydrogen-bond acceptors (Lipinski definition) is 2. The molecule has 0 heterocycles. The van der Waals surface area contributed by atoms with Crippen LogP contribution < -0.4 is 27.4 Å². The lowest BCUT2D eigenvalue weighted by molar-refractivity contribution is -0.910. The maximum Gasteiger partial charge on any atom is 0.0991 e. The summed E-state index contributed by atoms with van der Waals surface area (Å²) in [4.78, 5) is 0. The van der Waals surface area contributed by atoms with Gasteiger partial charge < -0.3 is 16.0 Å². The molecule has 272 valence electrons. The summed E-state index contributed by atoms with van der Waals surface area (Å²) in [7, 11) is 0.806. The molecule has 0 bridgehead atoms. The minimum Gasteiger partial charge on any atom is -0.330 e. The van der Waals surface area contributed by atoms with Crippen molar-refractivity contribution in [2.24, 2.45) is 11.5 Å². The Balaban J connectivity index is 1.64. The van der Waals surface area contributed by atoms with Gasteiger partial charge in [-0.25, -0.2) is 0 Å². The molecule has 0 aromatic heterocycles. The zero-order valence-corrected chi connectivity index (χ0v) is 33.4. The van der Waals surface area contributed by atoms with Crippen molar-refractivity contribution in [1.82, 2.24) is 0 Å². The van der Waals surface area contributed by atoms with E-state index in [2.05, 4.69) is 105 Å². The monoisotopic (exact) mass is 706 g/mol. The summed E-state index contributed by atoms with van der Waals surface area (Å²) in [6.07, 6.45) is 25.4. The maximum absolute atomic E-state index is 5.90. The molecule has 5 heteroatoms. The molecular formula is C44H73N3P2+2. The third-order valence-electron chi connectivity index (χ3n) is 10.7. The second-order valence-corrected chi connectivity index (χ2v) is 21.1. The molecule has 49 heavy (non-hydrogen) atoms. The van der Waals surface area contributed by atoms with Gasteiger partial charge in [0.25, 0.3) is 0 Å². The van der Waals surface area contributed by atoms with Crippen LogP contribution in [0.1, 0.15) is 103 Å². The summed E-state index contributed by atoms with van der Waals surface area (Å²) in [5, 5.41) is 4.84. The van der Waals surface area contributed by atoms with E-state index in [0.29, 0.717) is 0 Å². The van der Waals surface area contributed by atoms with Gasteiger partial charge in [-0.3, -0.25) is 0 Å². The van der Waals surface area contributed by atoms with Gasteiger partial charge in [-0.15, -0.1) is 0 Å². The highest BCUT2D eigenvalue weighted by atomic mass is 31.2. The number of unbranched alkanes of at least 4 members (excludes halogenated alkanes) is 10. The fourth-order valence-corrected chi connectivity index (χ4v) is 14.8. The number of nitrogens with two attached hydrogens (primary N) is 2.